The van der Waals surface area contributed by atoms with E-state index in [-0.39, 0.29) is 5.91 Å². The van der Waals surface area contributed by atoms with Crippen molar-refractivity contribution in [1.29, 1.82) is 0 Å². The third-order valence-electron chi connectivity index (χ3n) is 5.09. The first-order chi connectivity index (χ1) is 17.0. The van der Waals surface area contributed by atoms with Crippen molar-refractivity contribution in [2.75, 3.05) is 15.9 Å². The number of benzene rings is 3. The SMILES string of the molecule is CC(=O)Nc1cccc(C(C)=NNC(=O)C(C)N(c2ccc(Oc3ccccc3)cc2)S(C)(=O)=O)c1. The van der Waals surface area contributed by atoms with Crippen molar-refractivity contribution in [3.63, 3.8) is 0 Å². The van der Waals surface area contributed by atoms with Crippen LogP contribution < -0.4 is 19.8 Å². The van der Waals surface area contributed by atoms with Crippen molar-refractivity contribution in [1.82, 2.24) is 5.43 Å². The lowest BCUT2D eigenvalue weighted by atomic mass is 10.1. The summed E-state index contributed by atoms with van der Waals surface area (Å²) < 4.78 is 31.9. The van der Waals surface area contributed by atoms with Crippen LogP contribution in [0.1, 0.15) is 26.3 Å². The molecule has 0 saturated carbocycles. The molecule has 0 fully saturated rings. The molecule has 0 aliphatic rings. The third kappa shape index (κ3) is 7.16. The van der Waals surface area contributed by atoms with E-state index in [2.05, 4.69) is 15.8 Å². The molecule has 0 heterocycles. The van der Waals surface area contributed by atoms with E-state index in [0.717, 1.165) is 10.6 Å². The minimum atomic E-state index is -3.80. The number of para-hydroxylation sites is 1. The van der Waals surface area contributed by atoms with E-state index in [0.29, 0.717) is 34.1 Å². The van der Waals surface area contributed by atoms with Crippen LogP contribution in [0.3, 0.4) is 0 Å². The second-order valence-electron chi connectivity index (χ2n) is 8.08. The third-order valence-corrected chi connectivity index (χ3v) is 6.33. The fraction of sp³-hybridized carbons (Fsp3) is 0.192. The number of anilines is 2. The van der Waals surface area contributed by atoms with Crippen LogP contribution in [0, 0.1) is 0 Å². The highest BCUT2D eigenvalue weighted by molar-refractivity contribution is 7.92. The van der Waals surface area contributed by atoms with Crippen LogP contribution in [0.25, 0.3) is 0 Å². The zero-order chi connectivity index (χ0) is 26.3. The maximum absolute atomic E-state index is 12.9. The van der Waals surface area contributed by atoms with Gasteiger partial charge in [0.15, 0.2) is 0 Å². The summed E-state index contributed by atoms with van der Waals surface area (Å²) in [6, 6.07) is 21.5. The molecule has 0 bridgehead atoms. The number of rotatable bonds is 9. The van der Waals surface area contributed by atoms with Gasteiger partial charge < -0.3 is 10.1 Å². The van der Waals surface area contributed by atoms with Gasteiger partial charge in [0, 0.05) is 12.6 Å². The van der Waals surface area contributed by atoms with Crippen LogP contribution >= 0.6 is 0 Å². The van der Waals surface area contributed by atoms with Gasteiger partial charge >= 0.3 is 0 Å². The van der Waals surface area contributed by atoms with Crippen molar-refractivity contribution < 1.29 is 22.7 Å². The van der Waals surface area contributed by atoms with Crippen LogP contribution in [0.5, 0.6) is 11.5 Å². The molecule has 2 N–H and O–H groups in total. The molecule has 0 saturated heterocycles. The average Bonchev–Trinajstić information content (AvgIpc) is 2.83. The Morgan fingerprint density at radius 2 is 1.56 bits per heavy atom. The van der Waals surface area contributed by atoms with Gasteiger partial charge in [0.1, 0.15) is 17.5 Å². The maximum atomic E-state index is 12.9. The summed E-state index contributed by atoms with van der Waals surface area (Å²) in [5.74, 6) is 0.359. The molecule has 188 valence electrons. The lowest BCUT2D eigenvalue weighted by Crippen LogP contribution is -2.46. The molecule has 10 heteroatoms. The molecule has 3 aromatic rings. The highest BCUT2D eigenvalue weighted by Crippen LogP contribution is 2.27. The van der Waals surface area contributed by atoms with Crippen molar-refractivity contribution in [3.05, 3.63) is 84.4 Å². The van der Waals surface area contributed by atoms with Gasteiger partial charge in [-0.1, -0.05) is 30.3 Å². The second-order valence-corrected chi connectivity index (χ2v) is 9.94. The van der Waals surface area contributed by atoms with Crippen LogP contribution in [-0.4, -0.2) is 38.2 Å². The lowest BCUT2D eigenvalue weighted by Gasteiger charge is -2.27. The molecule has 0 aromatic heterocycles. The first-order valence-corrected chi connectivity index (χ1v) is 12.9. The zero-order valence-electron chi connectivity index (χ0n) is 20.4. The quantitative estimate of drug-likeness (QED) is 0.333. The topological polar surface area (TPSA) is 117 Å². The number of nitrogens with one attached hydrogen (secondary N) is 2. The number of hydrogen-bond donors (Lipinski definition) is 2. The maximum Gasteiger partial charge on any atom is 0.263 e. The number of amides is 2. The molecule has 3 rings (SSSR count). The number of ether oxygens (including phenoxy) is 1. The average molecular weight is 509 g/mol. The molecule has 9 nitrogen and oxygen atoms in total. The number of nitrogens with zero attached hydrogens (tertiary/aromatic N) is 2. The first kappa shape index (κ1) is 26.4. The summed E-state index contributed by atoms with van der Waals surface area (Å²) in [5, 5.41) is 6.80. The van der Waals surface area contributed by atoms with Crippen molar-refractivity contribution >= 4 is 38.9 Å². The van der Waals surface area contributed by atoms with E-state index in [1.807, 2.05) is 30.3 Å². The van der Waals surface area contributed by atoms with Crippen LogP contribution in [0.4, 0.5) is 11.4 Å². The molecule has 0 aliphatic carbocycles. The molecule has 2 amide bonds. The molecule has 1 unspecified atom stereocenters. The summed E-state index contributed by atoms with van der Waals surface area (Å²) in [6.07, 6.45) is 1.03. The Hall–Kier alpha value is -4.18. The van der Waals surface area contributed by atoms with Crippen LogP contribution in [0.2, 0.25) is 0 Å². The Balaban J connectivity index is 1.75. The normalized spacial score (nSPS) is 12.4. The highest BCUT2D eigenvalue weighted by Gasteiger charge is 2.29. The van der Waals surface area contributed by atoms with Crippen molar-refractivity contribution in [2.45, 2.75) is 26.8 Å². The molecule has 36 heavy (non-hydrogen) atoms. The first-order valence-electron chi connectivity index (χ1n) is 11.1. The Kier molecular flexibility index (Phi) is 8.44. The van der Waals surface area contributed by atoms with E-state index >= 15 is 0 Å². The van der Waals surface area contributed by atoms with E-state index in [1.54, 1.807) is 55.5 Å². The highest BCUT2D eigenvalue weighted by atomic mass is 32.2. The molecule has 0 spiro atoms. The molecular weight excluding hydrogens is 480 g/mol. The zero-order valence-corrected chi connectivity index (χ0v) is 21.2. The van der Waals surface area contributed by atoms with Crippen LogP contribution in [0.15, 0.2) is 84.0 Å². The summed E-state index contributed by atoms with van der Waals surface area (Å²) in [5.41, 5.74) is 4.51. The van der Waals surface area contributed by atoms with Gasteiger partial charge in [-0.3, -0.25) is 13.9 Å². The standard InChI is InChI=1S/C26H28N4O5S/c1-18(21-9-8-10-22(17-21)27-20(3)31)28-29-26(32)19(2)30(36(4,33)34)23-13-15-25(16-14-23)35-24-11-6-5-7-12-24/h5-17,19H,1-4H3,(H,27,31)(H,29,32). The monoisotopic (exact) mass is 508 g/mol. The number of hydrazone groups is 1. The number of sulfonamides is 1. The Labute approximate surface area is 210 Å². The number of carbonyl (C=O) groups is 2. The van der Waals surface area contributed by atoms with E-state index in [1.165, 1.54) is 13.8 Å². The largest absolute Gasteiger partial charge is 0.457 e. The Morgan fingerprint density at radius 3 is 2.17 bits per heavy atom. The van der Waals surface area contributed by atoms with Gasteiger partial charge in [-0.2, -0.15) is 5.10 Å². The summed E-state index contributed by atoms with van der Waals surface area (Å²) >= 11 is 0. The molecular formula is C26H28N4O5S. The molecule has 0 radical (unpaired) electrons. The minimum absolute atomic E-state index is 0.204. The fourth-order valence-corrected chi connectivity index (χ4v) is 4.59. The summed E-state index contributed by atoms with van der Waals surface area (Å²) in [6.45, 7) is 4.58. The molecule has 3 aromatic carbocycles. The predicted molar refractivity (Wildman–Crippen MR) is 141 cm³/mol. The van der Waals surface area contributed by atoms with Gasteiger partial charge in [0.2, 0.25) is 15.9 Å². The smallest absolute Gasteiger partial charge is 0.263 e. The molecule has 1 atom stereocenters. The van der Waals surface area contributed by atoms with Crippen molar-refractivity contribution in [3.8, 4) is 11.5 Å². The van der Waals surface area contributed by atoms with Gasteiger partial charge in [-0.25, -0.2) is 13.8 Å². The van der Waals surface area contributed by atoms with E-state index in [9.17, 15) is 18.0 Å². The minimum Gasteiger partial charge on any atom is -0.457 e. The predicted octanol–water partition coefficient (Wildman–Crippen LogP) is 4.13. The van der Waals surface area contributed by atoms with Gasteiger partial charge in [-0.15, -0.1) is 0 Å². The number of carbonyl (C=O) groups excluding carboxylic acids is 2. The van der Waals surface area contributed by atoms with Gasteiger partial charge in [0.25, 0.3) is 5.91 Å². The lowest BCUT2D eigenvalue weighted by molar-refractivity contribution is -0.121. The van der Waals surface area contributed by atoms with E-state index < -0.39 is 22.0 Å². The van der Waals surface area contributed by atoms with Gasteiger partial charge in [-0.05, 0) is 67.9 Å². The van der Waals surface area contributed by atoms with E-state index in [4.69, 9.17) is 4.74 Å². The second kappa shape index (κ2) is 11.5. The Bertz CT molecular complexity index is 1360. The van der Waals surface area contributed by atoms with Gasteiger partial charge in [0.05, 0.1) is 17.7 Å². The summed E-state index contributed by atoms with van der Waals surface area (Å²) in [4.78, 5) is 24.1. The number of hydrogen-bond acceptors (Lipinski definition) is 6. The van der Waals surface area contributed by atoms with Crippen LogP contribution in [-0.2, 0) is 19.6 Å². The fourth-order valence-electron chi connectivity index (χ4n) is 3.42. The Morgan fingerprint density at radius 1 is 0.917 bits per heavy atom. The summed E-state index contributed by atoms with van der Waals surface area (Å²) in [7, 11) is -3.80. The molecule has 0 aliphatic heterocycles. The van der Waals surface area contributed by atoms with Crippen molar-refractivity contribution in [2.24, 2.45) is 5.10 Å².